The molecule has 0 saturated heterocycles. The standard InChI is InChI=1S/C16H22N4O2/c1-11(21)17-10-9-14(22)19-15-18-12-7-5-6-8-13(12)20(15)16(2,3)4/h5-8H,9-10H2,1-4H3,(H,17,21)(H,18,19,22). The summed E-state index contributed by atoms with van der Waals surface area (Å²) < 4.78 is 2.01. The zero-order valence-corrected chi connectivity index (χ0v) is 13.4. The number of fused-ring (bicyclic) bond motifs is 1. The number of carbonyl (C=O) groups is 2. The predicted octanol–water partition coefficient (Wildman–Crippen LogP) is 2.26. The zero-order chi connectivity index (χ0) is 16.3. The van der Waals surface area contributed by atoms with E-state index in [-0.39, 0.29) is 23.8 Å². The normalized spacial score (nSPS) is 11.5. The van der Waals surface area contributed by atoms with E-state index in [1.54, 1.807) is 0 Å². The number of nitrogens with zero attached hydrogens (tertiary/aromatic N) is 2. The van der Waals surface area contributed by atoms with Crippen molar-refractivity contribution in [1.82, 2.24) is 14.9 Å². The quantitative estimate of drug-likeness (QED) is 0.909. The highest BCUT2D eigenvalue weighted by Crippen LogP contribution is 2.27. The lowest BCUT2D eigenvalue weighted by Crippen LogP contribution is -2.28. The summed E-state index contributed by atoms with van der Waals surface area (Å²) in [5.74, 6) is 0.214. The minimum atomic E-state index is -0.212. The molecule has 0 unspecified atom stereocenters. The number of hydrogen-bond acceptors (Lipinski definition) is 3. The summed E-state index contributed by atoms with van der Waals surface area (Å²) in [5, 5.41) is 5.45. The van der Waals surface area contributed by atoms with E-state index in [1.165, 1.54) is 6.92 Å². The van der Waals surface area contributed by atoms with Crippen molar-refractivity contribution in [3.05, 3.63) is 24.3 Å². The Morgan fingerprint density at radius 1 is 1.23 bits per heavy atom. The van der Waals surface area contributed by atoms with Crippen LogP contribution in [0.2, 0.25) is 0 Å². The van der Waals surface area contributed by atoms with Crippen LogP contribution in [-0.2, 0) is 15.1 Å². The van der Waals surface area contributed by atoms with Gasteiger partial charge in [0.1, 0.15) is 0 Å². The summed E-state index contributed by atoms with van der Waals surface area (Å²) in [7, 11) is 0. The second kappa shape index (κ2) is 6.17. The molecule has 0 aliphatic carbocycles. The number of carbonyl (C=O) groups excluding carboxylic acids is 2. The van der Waals surface area contributed by atoms with Gasteiger partial charge in [-0.2, -0.15) is 0 Å². The van der Waals surface area contributed by atoms with Gasteiger partial charge in [0.05, 0.1) is 11.0 Å². The molecule has 0 radical (unpaired) electrons. The SMILES string of the molecule is CC(=O)NCCC(=O)Nc1nc2ccccc2n1C(C)(C)C. The fourth-order valence-electron chi connectivity index (χ4n) is 2.33. The van der Waals surface area contributed by atoms with Gasteiger partial charge in [0.25, 0.3) is 0 Å². The molecule has 22 heavy (non-hydrogen) atoms. The molecule has 2 aromatic rings. The molecule has 0 atom stereocenters. The van der Waals surface area contributed by atoms with E-state index in [0.29, 0.717) is 12.5 Å². The van der Waals surface area contributed by atoms with E-state index in [9.17, 15) is 9.59 Å². The summed E-state index contributed by atoms with van der Waals surface area (Å²) >= 11 is 0. The number of para-hydroxylation sites is 2. The van der Waals surface area contributed by atoms with Crippen molar-refractivity contribution in [3.8, 4) is 0 Å². The molecule has 2 amide bonds. The second-order valence-corrected chi connectivity index (χ2v) is 6.21. The lowest BCUT2D eigenvalue weighted by atomic mass is 10.1. The average molecular weight is 302 g/mol. The lowest BCUT2D eigenvalue weighted by molar-refractivity contribution is -0.119. The summed E-state index contributed by atoms with van der Waals surface area (Å²) in [5.41, 5.74) is 1.61. The molecule has 118 valence electrons. The maximum absolute atomic E-state index is 12.0. The Bertz CT molecular complexity index is 698. The third-order valence-electron chi connectivity index (χ3n) is 3.21. The van der Waals surface area contributed by atoms with E-state index in [4.69, 9.17) is 0 Å². The first-order valence-electron chi connectivity index (χ1n) is 7.31. The van der Waals surface area contributed by atoms with Gasteiger partial charge in [-0.25, -0.2) is 4.98 Å². The van der Waals surface area contributed by atoms with Crippen molar-refractivity contribution in [3.63, 3.8) is 0 Å². The molecule has 0 aliphatic heterocycles. The number of nitrogens with one attached hydrogen (secondary N) is 2. The highest BCUT2D eigenvalue weighted by atomic mass is 16.2. The van der Waals surface area contributed by atoms with Crippen molar-refractivity contribution in [2.24, 2.45) is 0 Å². The summed E-state index contributed by atoms with van der Waals surface area (Å²) in [6.07, 6.45) is 0.215. The fourth-order valence-corrected chi connectivity index (χ4v) is 2.33. The molecule has 1 aromatic heterocycles. The van der Waals surface area contributed by atoms with Crippen LogP contribution in [0.3, 0.4) is 0 Å². The first-order valence-corrected chi connectivity index (χ1v) is 7.31. The molecule has 1 heterocycles. The van der Waals surface area contributed by atoms with Gasteiger partial charge in [-0.3, -0.25) is 14.9 Å². The van der Waals surface area contributed by atoms with Crippen LogP contribution in [0.15, 0.2) is 24.3 Å². The van der Waals surface area contributed by atoms with Crippen LogP contribution in [-0.4, -0.2) is 27.9 Å². The lowest BCUT2D eigenvalue weighted by Gasteiger charge is -2.24. The Morgan fingerprint density at radius 2 is 1.91 bits per heavy atom. The van der Waals surface area contributed by atoms with Crippen molar-refractivity contribution >= 4 is 28.8 Å². The van der Waals surface area contributed by atoms with Crippen LogP contribution in [0.5, 0.6) is 0 Å². The number of hydrogen-bond donors (Lipinski definition) is 2. The Hall–Kier alpha value is -2.37. The maximum Gasteiger partial charge on any atom is 0.228 e. The Morgan fingerprint density at radius 3 is 2.55 bits per heavy atom. The molecule has 0 saturated carbocycles. The van der Waals surface area contributed by atoms with Gasteiger partial charge in [0.15, 0.2) is 0 Å². The van der Waals surface area contributed by atoms with E-state index < -0.39 is 0 Å². The van der Waals surface area contributed by atoms with Crippen molar-refractivity contribution in [1.29, 1.82) is 0 Å². The number of rotatable bonds is 4. The average Bonchev–Trinajstić information content (AvgIpc) is 2.75. The molecular weight excluding hydrogens is 280 g/mol. The molecule has 1 aromatic carbocycles. The van der Waals surface area contributed by atoms with Crippen molar-refractivity contribution < 1.29 is 9.59 Å². The van der Waals surface area contributed by atoms with E-state index in [1.807, 2.05) is 28.8 Å². The second-order valence-electron chi connectivity index (χ2n) is 6.21. The van der Waals surface area contributed by atoms with E-state index in [2.05, 4.69) is 36.4 Å². The van der Waals surface area contributed by atoms with Gasteiger partial charge < -0.3 is 9.88 Å². The highest BCUT2D eigenvalue weighted by Gasteiger charge is 2.22. The van der Waals surface area contributed by atoms with Crippen LogP contribution in [0.25, 0.3) is 11.0 Å². The van der Waals surface area contributed by atoms with Gasteiger partial charge in [-0.15, -0.1) is 0 Å². The minimum Gasteiger partial charge on any atom is -0.356 e. The van der Waals surface area contributed by atoms with Crippen molar-refractivity contribution in [2.75, 3.05) is 11.9 Å². The predicted molar refractivity (Wildman–Crippen MR) is 86.7 cm³/mol. The van der Waals surface area contributed by atoms with Gasteiger partial charge in [-0.1, -0.05) is 12.1 Å². The van der Waals surface area contributed by atoms with E-state index in [0.717, 1.165) is 11.0 Å². The van der Waals surface area contributed by atoms with Crippen LogP contribution in [0.1, 0.15) is 34.1 Å². The Kier molecular flexibility index (Phi) is 4.49. The summed E-state index contributed by atoms with van der Waals surface area (Å²) in [4.78, 5) is 27.4. The van der Waals surface area contributed by atoms with Gasteiger partial charge in [-0.05, 0) is 32.9 Å². The van der Waals surface area contributed by atoms with Gasteiger partial charge >= 0.3 is 0 Å². The third kappa shape index (κ3) is 3.63. The van der Waals surface area contributed by atoms with E-state index >= 15 is 0 Å². The smallest absolute Gasteiger partial charge is 0.228 e. The molecule has 2 rings (SSSR count). The first-order chi connectivity index (χ1) is 10.3. The number of imidazole rings is 1. The van der Waals surface area contributed by atoms with Gasteiger partial charge in [0, 0.05) is 25.4 Å². The Labute approximate surface area is 129 Å². The number of amides is 2. The van der Waals surface area contributed by atoms with Crippen LogP contribution in [0, 0.1) is 0 Å². The van der Waals surface area contributed by atoms with Crippen LogP contribution in [0.4, 0.5) is 5.95 Å². The van der Waals surface area contributed by atoms with Crippen LogP contribution < -0.4 is 10.6 Å². The zero-order valence-electron chi connectivity index (χ0n) is 13.4. The highest BCUT2D eigenvalue weighted by molar-refractivity contribution is 5.92. The summed E-state index contributed by atoms with van der Waals surface area (Å²) in [6, 6.07) is 7.78. The monoisotopic (exact) mass is 302 g/mol. The number of anilines is 1. The molecule has 0 bridgehead atoms. The fraction of sp³-hybridized carbons (Fsp3) is 0.438. The topological polar surface area (TPSA) is 76.0 Å². The molecule has 2 N–H and O–H groups in total. The molecule has 0 fully saturated rings. The maximum atomic E-state index is 12.0. The molecular formula is C16H22N4O2. The van der Waals surface area contributed by atoms with Crippen LogP contribution >= 0.6 is 0 Å². The first kappa shape index (κ1) is 16.0. The summed E-state index contributed by atoms with van der Waals surface area (Å²) in [6.45, 7) is 7.93. The number of benzene rings is 1. The Balaban J connectivity index is 2.23. The molecule has 6 heteroatoms. The van der Waals surface area contributed by atoms with Crippen molar-refractivity contribution in [2.45, 2.75) is 39.7 Å². The largest absolute Gasteiger partial charge is 0.356 e. The molecule has 6 nitrogen and oxygen atoms in total. The minimum absolute atomic E-state index is 0.144. The number of aromatic nitrogens is 2. The molecule has 0 spiro atoms. The molecule has 0 aliphatic rings. The third-order valence-corrected chi connectivity index (χ3v) is 3.21. The van der Waals surface area contributed by atoms with Gasteiger partial charge in [0.2, 0.25) is 17.8 Å².